The molecule has 0 spiro atoms. The van der Waals surface area contributed by atoms with Gasteiger partial charge in [-0.2, -0.15) is 0 Å². The Morgan fingerprint density at radius 3 is 2.74 bits per heavy atom. The summed E-state index contributed by atoms with van der Waals surface area (Å²) >= 11 is 0. The highest BCUT2D eigenvalue weighted by Crippen LogP contribution is 2.24. The third-order valence-corrected chi connectivity index (χ3v) is 6.51. The monoisotopic (exact) mass is 461 g/mol. The van der Waals surface area contributed by atoms with Crippen LogP contribution in [0.25, 0.3) is 11.2 Å². The van der Waals surface area contributed by atoms with Crippen LogP contribution in [0.15, 0.2) is 65.6 Å². The summed E-state index contributed by atoms with van der Waals surface area (Å²) in [5.41, 5.74) is 3.34. The molecule has 0 aliphatic carbocycles. The number of nitrogens with one attached hydrogen (secondary N) is 1. The fourth-order valence-electron chi connectivity index (χ4n) is 4.60. The molecule has 0 radical (unpaired) electrons. The number of hydrogen-bond acceptors (Lipinski definition) is 5. The summed E-state index contributed by atoms with van der Waals surface area (Å²) in [6.45, 7) is 4.08. The highest BCUT2D eigenvalue weighted by molar-refractivity contribution is 5.93. The van der Waals surface area contributed by atoms with E-state index in [4.69, 9.17) is 9.40 Å². The molecule has 1 aliphatic heterocycles. The predicted molar refractivity (Wildman–Crippen MR) is 127 cm³/mol. The first-order valence-electron chi connectivity index (χ1n) is 11.7. The lowest BCUT2D eigenvalue weighted by Gasteiger charge is -2.31. The zero-order chi connectivity index (χ0) is 23.3. The molecule has 34 heavy (non-hydrogen) atoms. The number of fused-ring (bicyclic) bond motifs is 1. The van der Waals surface area contributed by atoms with Crippen LogP contribution >= 0.6 is 0 Å². The average molecular weight is 462 g/mol. The Morgan fingerprint density at radius 1 is 1.15 bits per heavy atom. The second kappa shape index (κ2) is 10.2. The second-order valence-electron chi connectivity index (χ2n) is 8.84. The zero-order valence-corrected chi connectivity index (χ0v) is 19.0. The Morgan fingerprint density at radius 2 is 1.97 bits per heavy atom. The number of furan rings is 1. The van der Waals surface area contributed by atoms with Gasteiger partial charge in [0, 0.05) is 25.7 Å². The molecule has 1 aliphatic rings. The van der Waals surface area contributed by atoms with E-state index in [2.05, 4.69) is 19.8 Å². The minimum atomic E-state index is -0.231. The maximum atomic E-state index is 13.4. The fraction of sp³-hybridized carbons (Fsp3) is 0.346. The van der Waals surface area contributed by atoms with Gasteiger partial charge in [-0.25, -0.2) is 14.4 Å². The molecule has 7 nitrogen and oxygen atoms in total. The molecular weight excluding hydrogens is 433 g/mol. The SMILES string of the molecule is O=C(NCCN1CCC(Cc2nc3cccnc3n2Cc2ccc(F)cc2)CC1)c1ccoc1. The van der Waals surface area contributed by atoms with Crippen LogP contribution in [-0.2, 0) is 13.0 Å². The van der Waals surface area contributed by atoms with Gasteiger partial charge in [0.25, 0.3) is 5.91 Å². The van der Waals surface area contributed by atoms with Crippen molar-refractivity contribution >= 4 is 17.1 Å². The standard InChI is InChI=1S/C26H28FN5O2/c27-22-5-3-20(4-6-22)17-32-24(30-23-2-1-10-28-25(23)32)16-19-7-12-31(13-8-19)14-11-29-26(33)21-9-15-34-18-21/h1-6,9-10,15,18-19H,7-8,11-14,16-17H2,(H,29,33). The van der Waals surface area contributed by atoms with Crippen molar-refractivity contribution in [1.29, 1.82) is 0 Å². The number of carbonyl (C=O) groups excluding carboxylic acids is 1. The molecule has 0 bridgehead atoms. The maximum absolute atomic E-state index is 13.4. The van der Waals surface area contributed by atoms with Gasteiger partial charge in [0.2, 0.25) is 0 Å². The van der Waals surface area contributed by atoms with Crippen LogP contribution in [0, 0.1) is 11.7 Å². The summed E-state index contributed by atoms with van der Waals surface area (Å²) in [6, 6.07) is 12.2. The van der Waals surface area contributed by atoms with E-state index in [0.29, 0.717) is 24.6 Å². The molecule has 4 aromatic rings. The number of amides is 1. The number of carbonyl (C=O) groups is 1. The predicted octanol–water partition coefficient (Wildman–Crippen LogP) is 3.90. The first kappa shape index (κ1) is 22.3. The summed E-state index contributed by atoms with van der Waals surface area (Å²) in [5, 5.41) is 2.95. The quantitative estimate of drug-likeness (QED) is 0.431. The lowest BCUT2D eigenvalue weighted by atomic mass is 9.93. The van der Waals surface area contributed by atoms with Crippen molar-refractivity contribution in [3.8, 4) is 0 Å². The molecule has 3 aromatic heterocycles. The molecule has 1 aromatic carbocycles. The molecule has 1 amide bonds. The first-order valence-corrected chi connectivity index (χ1v) is 11.7. The van der Waals surface area contributed by atoms with Crippen LogP contribution in [-0.4, -0.2) is 51.5 Å². The molecule has 5 rings (SSSR count). The zero-order valence-electron chi connectivity index (χ0n) is 19.0. The minimum Gasteiger partial charge on any atom is -0.472 e. The van der Waals surface area contributed by atoms with Gasteiger partial charge in [-0.3, -0.25) is 4.79 Å². The van der Waals surface area contributed by atoms with E-state index in [9.17, 15) is 9.18 Å². The second-order valence-corrected chi connectivity index (χ2v) is 8.84. The molecule has 8 heteroatoms. The van der Waals surface area contributed by atoms with Crippen molar-refractivity contribution in [3.63, 3.8) is 0 Å². The number of aromatic nitrogens is 3. The van der Waals surface area contributed by atoms with Gasteiger partial charge in [0.1, 0.15) is 23.4 Å². The van der Waals surface area contributed by atoms with E-state index < -0.39 is 0 Å². The topological polar surface area (TPSA) is 76.2 Å². The molecule has 0 saturated carbocycles. The third kappa shape index (κ3) is 5.17. The van der Waals surface area contributed by atoms with E-state index >= 15 is 0 Å². The summed E-state index contributed by atoms with van der Waals surface area (Å²) < 4.78 is 20.5. The average Bonchev–Trinajstić information content (AvgIpc) is 3.51. The number of halogens is 1. The number of imidazole rings is 1. The summed E-state index contributed by atoms with van der Waals surface area (Å²) in [7, 11) is 0. The maximum Gasteiger partial charge on any atom is 0.254 e. The Hall–Kier alpha value is -3.52. The number of nitrogens with zero attached hydrogens (tertiary/aromatic N) is 4. The van der Waals surface area contributed by atoms with Gasteiger partial charge in [0.05, 0.1) is 18.4 Å². The third-order valence-electron chi connectivity index (χ3n) is 6.51. The van der Waals surface area contributed by atoms with E-state index in [1.807, 2.05) is 24.3 Å². The van der Waals surface area contributed by atoms with Gasteiger partial charge in [-0.05, 0) is 67.7 Å². The fourth-order valence-corrected chi connectivity index (χ4v) is 4.60. The number of pyridine rings is 1. The van der Waals surface area contributed by atoms with Crippen LogP contribution in [0.2, 0.25) is 0 Å². The summed E-state index contributed by atoms with van der Waals surface area (Å²) in [4.78, 5) is 23.9. The van der Waals surface area contributed by atoms with Crippen LogP contribution in [0.3, 0.4) is 0 Å². The Bertz CT molecular complexity index is 1230. The van der Waals surface area contributed by atoms with Gasteiger partial charge >= 0.3 is 0 Å². The molecular formula is C26H28FN5O2. The van der Waals surface area contributed by atoms with E-state index in [-0.39, 0.29) is 11.7 Å². The van der Waals surface area contributed by atoms with Crippen LogP contribution in [0.1, 0.15) is 34.6 Å². The van der Waals surface area contributed by atoms with Crippen molar-refractivity contribution in [2.75, 3.05) is 26.2 Å². The smallest absolute Gasteiger partial charge is 0.254 e. The first-order chi connectivity index (χ1) is 16.7. The van der Waals surface area contributed by atoms with Crippen molar-refractivity contribution in [3.05, 3.63) is 84.0 Å². The summed E-state index contributed by atoms with van der Waals surface area (Å²) in [5.74, 6) is 1.24. The highest BCUT2D eigenvalue weighted by atomic mass is 19.1. The molecule has 1 fully saturated rings. The number of hydrogen-bond donors (Lipinski definition) is 1. The molecule has 1 saturated heterocycles. The number of rotatable bonds is 8. The highest BCUT2D eigenvalue weighted by Gasteiger charge is 2.22. The lowest BCUT2D eigenvalue weighted by Crippen LogP contribution is -2.40. The molecule has 0 atom stereocenters. The molecule has 176 valence electrons. The Labute approximate surface area is 197 Å². The molecule has 4 heterocycles. The largest absolute Gasteiger partial charge is 0.472 e. The van der Waals surface area contributed by atoms with E-state index in [1.165, 1.54) is 24.7 Å². The van der Waals surface area contributed by atoms with Gasteiger partial charge in [-0.15, -0.1) is 0 Å². The van der Waals surface area contributed by atoms with E-state index in [0.717, 1.165) is 61.4 Å². The van der Waals surface area contributed by atoms with Crippen molar-refractivity contribution in [1.82, 2.24) is 24.8 Å². The van der Waals surface area contributed by atoms with Crippen molar-refractivity contribution in [2.45, 2.75) is 25.8 Å². The van der Waals surface area contributed by atoms with Gasteiger partial charge in [0.15, 0.2) is 5.65 Å². The van der Waals surface area contributed by atoms with E-state index in [1.54, 1.807) is 12.3 Å². The number of likely N-dealkylation sites (tertiary alicyclic amines) is 1. The summed E-state index contributed by atoms with van der Waals surface area (Å²) in [6.07, 6.45) is 7.82. The number of piperidine rings is 1. The minimum absolute atomic E-state index is 0.0997. The lowest BCUT2D eigenvalue weighted by molar-refractivity contribution is 0.0943. The molecule has 1 N–H and O–H groups in total. The normalized spacial score (nSPS) is 15.1. The van der Waals surface area contributed by atoms with Gasteiger partial charge in [-0.1, -0.05) is 12.1 Å². The Kier molecular flexibility index (Phi) is 6.67. The van der Waals surface area contributed by atoms with Crippen LogP contribution in [0.5, 0.6) is 0 Å². The van der Waals surface area contributed by atoms with Gasteiger partial charge < -0.3 is 19.2 Å². The Balaban J connectivity index is 1.18. The van der Waals surface area contributed by atoms with Crippen molar-refractivity contribution < 1.29 is 13.6 Å². The van der Waals surface area contributed by atoms with Crippen molar-refractivity contribution in [2.24, 2.45) is 5.92 Å². The molecule has 0 unspecified atom stereocenters. The van der Waals surface area contributed by atoms with Crippen LogP contribution < -0.4 is 5.32 Å². The van der Waals surface area contributed by atoms with Crippen LogP contribution in [0.4, 0.5) is 4.39 Å². The number of benzene rings is 1.